The standard InChI is InChI=1S/C11H15F3N2O3/c1-7-9(10(17)16-15)5-8(19-7)6-18-4-2-3-11(12,13)14/h5H,2-4,6,15H2,1H3,(H,16,17). The van der Waals surface area contributed by atoms with E-state index in [1.807, 2.05) is 5.43 Å². The van der Waals surface area contributed by atoms with Crippen molar-refractivity contribution in [3.05, 3.63) is 23.2 Å². The maximum Gasteiger partial charge on any atom is 0.389 e. The number of hydrogen-bond acceptors (Lipinski definition) is 4. The summed E-state index contributed by atoms with van der Waals surface area (Å²) in [6.45, 7) is 1.56. The van der Waals surface area contributed by atoms with Gasteiger partial charge in [-0.25, -0.2) is 5.84 Å². The third-order valence-corrected chi connectivity index (χ3v) is 2.34. The lowest BCUT2D eigenvalue weighted by Gasteiger charge is -2.05. The van der Waals surface area contributed by atoms with Crippen molar-refractivity contribution in [2.24, 2.45) is 5.84 Å². The number of nitrogens with two attached hydrogens (primary N) is 1. The van der Waals surface area contributed by atoms with Gasteiger partial charge in [-0.05, 0) is 19.4 Å². The minimum absolute atomic E-state index is 0.0105. The number of hydrogen-bond donors (Lipinski definition) is 2. The highest BCUT2D eigenvalue weighted by molar-refractivity contribution is 5.94. The summed E-state index contributed by atoms with van der Waals surface area (Å²) in [5, 5.41) is 0. The van der Waals surface area contributed by atoms with Crippen molar-refractivity contribution < 1.29 is 27.1 Å². The second-order valence-corrected chi connectivity index (χ2v) is 3.93. The Bertz CT molecular complexity index is 429. The molecule has 5 nitrogen and oxygen atoms in total. The summed E-state index contributed by atoms with van der Waals surface area (Å²) in [5.74, 6) is 5.22. The van der Waals surface area contributed by atoms with Gasteiger partial charge in [-0.15, -0.1) is 0 Å². The van der Waals surface area contributed by atoms with Gasteiger partial charge in [-0.1, -0.05) is 0 Å². The summed E-state index contributed by atoms with van der Waals surface area (Å²) in [5.41, 5.74) is 2.24. The summed E-state index contributed by atoms with van der Waals surface area (Å²) in [7, 11) is 0. The van der Waals surface area contributed by atoms with Gasteiger partial charge in [0.2, 0.25) is 0 Å². The largest absolute Gasteiger partial charge is 0.463 e. The molecular formula is C11H15F3N2O3. The Kier molecular flexibility index (Phi) is 5.37. The highest BCUT2D eigenvalue weighted by Crippen LogP contribution is 2.21. The Morgan fingerprint density at radius 3 is 2.79 bits per heavy atom. The van der Waals surface area contributed by atoms with Crippen LogP contribution < -0.4 is 11.3 Å². The highest BCUT2D eigenvalue weighted by atomic mass is 19.4. The number of rotatable bonds is 6. The van der Waals surface area contributed by atoms with Crippen LogP contribution in [-0.4, -0.2) is 18.7 Å². The number of amides is 1. The zero-order valence-corrected chi connectivity index (χ0v) is 10.3. The van der Waals surface area contributed by atoms with E-state index in [4.69, 9.17) is 15.0 Å². The van der Waals surface area contributed by atoms with Gasteiger partial charge in [0.05, 0.1) is 5.56 Å². The van der Waals surface area contributed by atoms with Crippen LogP contribution in [0.15, 0.2) is 10.5 Å². The van der Waals surface area contributed by atoms with Crippen molar-refractivity contribution in [3.63, 3.8) is 0 Å². The SMILES string of the molecule is Cc1oc(COCCCC(F)(F)F)cc1C(=O)NN. The summed E-state index contributed by atoms with van der Waals surface area (Å²) in [4.78, 5) is 11.3. The van der Waals surface area contributed by atoms with E-state index < -0.39 is 18.5 Å². The quantitative estimate of drug-likeness (QED) is 0.362. The van der Waals surface area contributed by atoms with E-state index in [1.54, 1.807) is 6.92 Å². The van der Waals surface area contributed by atoms with Crippen LogP contribution in [0.25, 0.3) is 0 Å². The van der Waals surface area contributed by atoms with Crippen LogP contribution in [0.1, 0.15) is 34.7 Å². The van der Waals surface area contributed by atoms with Crippen molar-refractivity contribution in [2.45, 2.75) is 32.5 Å². The van der Waals surface area contributed by atoms with Crippen molar-refractivity contribution in [1.82, 2.24) is 5.43 Å². The third-order valence-electron chi connectivity index (χ3n) is 2.34. The van der Waals surface area contributed by atoms with Gasteiger partial charge >= 0.3 is 6.18 Å². The zero-order valence-electron chi connectivity index (χ0n) is 10.3. The number of alkyl halides is 3. The number of ether oxygens (including phenoxy) is 1. The van der Waals surface area contributed by atoms with Gasteiger partial charge in [-0.2, -0.15) is 13.2 Å². The normalized spacial score (nSPS) is 11.6. The number of nitrogens with one attached hydrogen (secondary N) is 1. The Balaban J connectivity index is 2.36. The fraction of sp³-hybridized carbons (Fsp3) is 0.545. The average Bonchev–Trinajstić information content (AvgIpc) is 2.67. The molecule has 1 rings (SSSR count). The molecule has 1 aromatic rings. The average molecular weight is 280 g/mol. The number of aryl methyl sites for hydroxylation is 1. The van der Waals surface area contributed by atoms with Crippen LogP contribution in [0.5, 0.6) is 0 Å². The molecule has 0 saturated heterocycles. The Hall–Kier alpha value is -1.54. The molecule has 0 aromatic carbocycles. The molecule has 8 heteroatoms. The predicted octanol–water partition coefficient (Wildman–Crippen LogP) is 2.05. The maximum atomic E-state index is 11.9. The van der Waals surface area contributed by atoms with Gasteiger partial charge < -0.3 is 9.15 Å². The number of halogens is 3. The lowest BCUT2D eigenvalue weighted by Crippen LogP contribution is -2.30. The van der Waals surface area contributed by atoms with Crippen LogP contribution in [0, 0.1) is 6.92 Å². The van der Waals surface area contributed by atoms with E-state index in [-0.39, 0.29) is 25.2 Å². The van der Waals surface area contributed by atoms with Crippen LogP contribution in [0.4, 0.5) is 13.2 Å². The molecule has 0 aliphatic carbocycles. The van der Waals surface area contributed by atoms with E-state index >= 15 is 0 Å². The molecule has 0 unspecified atom stereocenters. The number of nitrogen functional groups attached to an aromatic ring is 1. The van der Waals surface area contributed by atoms with E-state index in [2.05, 4.69) is 0 Å². The van der Waals surface area contributed by atoms with E-state index in [9.17, 15) is 18.0 Å². The first-order valence-corrected chi connectivity index (χ1v) is 5.58. The summed E-state index contributed by atoms with van der Waals surface area (Å²) < 4.78 is 45.8. The molecule has 0 spiro atoms. The molecule has 0 fully saturated rings. The van der Waals surface area contributed by atoms with E-state index in [0.717, 1.165) is 0 Å². The summed E-state index contributed by atoms with van der Waals surface area (Å²) in [6.07, 6.45) is -5.17. The molecule has 0 atom stereocenters. The first-order chi connectivity index (χ1) is 8.83. The third kappa shape index (κ3) is 5.31. The van der Waals surface area contributed by atoms with Crippen molar-refractivity contribution in [3.8, 4) is 0 Å². The summed E-state index contributed by atoms with van der Waals surface area (Å²) in [6, 6.07) is 1.45. The molecule has 108 valence electrons. The van der Waals surface area contributed by atoms with Crippen LogP contribution >= 0.6 is 0 Å². The molecule has 0 saturated carbocycles. The second kappa shape index (κ2) is 6.58. The van der Waals surface area contributed by atoms with Gasteiger partial charge in [0.1, 0.15) is 18.1 Å². The molecule has 19 heavy (non-hydrogen) atoms. The first-order valence-electron chi connectivity index (χ1n) is 5.58. The lowest BCUT2D eigenvalue weighted by atomic mass is 10.2. The molecule has 0 bridgehead atoms. The Morgan fingerprint density at radius 1 is 1.53 bits per heavy atom. The molecule has 0 aliphatic heterocycles. The Labute approximate surface area is 107 Å². The van der Waals surface area contributed by atoms with Crippen molar-refractivity contribution in [2.75, 3.05) is 6.61 Å². The topological polar surface area (TPSA) is 77.5 Å². The minimum Gasteiger partial charge on any atom is -0.463 e. The molecule has 1 heterocycles. The van der Waals surface area contributed by atoms with Crippen LogP contribution in [0.2, 0.25) is 0 Å². The molecule has 0 radical (unpaired) electrons. The molecule has 0 aliphatic rings. The number of carbonyl (C=O) groups is 1. The number of carbonyl (C=O) groups excluding carboxylic acids is 1. The monoisotopic (exact) mass is 280 g/mol. The number of hydrazine groups is 1. The van der Waals surface area contributed by atoms with Crippen LogP contribution in [-0.2, 0) is 11.3 Å². The second-order valence-electron chi connectivity index (χ2n) is 3.93. The van der Waals surface area contributed by atoms with Gasteiger partial charge in [-0.3, -0.25) is 10.2 Å². The fourth-order valence-corrected chi connectivity index (χ4v) is 1.47. The molecule has 1 aromatic heterocycles. The van der Waals surface area contributed by atoms with E-state index in [1.165, 1.54) is 6.07 Å². The molecular weight excluding hydrogens is 265 g/mol. The van der Waals surface area contributed by atoms with Gasteiger partial charge in [0.25, 0.3) is 5.91 Å². The zero-order chi connectivity index (χ0) is 14.5. The fourth-order valence-electron chi connectivity index (χ4n) is 1.47. The van der Waals surface area contributed by atoms with Gasteiger partial charge in [0.15, 0.2) is 0 Å². The minimum atomic E-state index is -4.17. The van der Waals surface area contributed by atoms with Crippen molar-refractivity contribution >= 4 is 5.91 Å². The van der Waals surface area contributed by atoms with E-state index in [0.29, 0.717) is 11.5 Å². The van der Waals surface area contributed by atoms with Crippen LogP contribution in [0.3, 0.4) is 0 Å². The first kappa shape index (κ1) is 15.5. The maximum absolute atomic E-state index is 11.9. The smallest absolute Gasteiger partial charge is 0.389 e. The highest BCUT2D eigenvalue weighted by Gasteiger charge is 2.26. The summed E-state index contributed by atoms with van der Waals surface area (Å²) >= 11 is 0. The lowest BCUT2D eigenvalue weighted by molar-refractivity contribution is -0.138. The molecule has 3 N–H and O–H groups in total. The van der Waals surface area contributed by atoms with Gasteiger partial charge in [0, 0.05) is 13.0 Å². The predicted molar refractivity (Wildman–Crippen MR) is 60.0 cm³/mol. The Morgan fingerprint density at radius 2 is 2.21 bits per heavy atom. The number of furan rings is 1. The molecule has 1 amide bonds. The van der Waals surface area contributed by atoms with Crippen molar-refractivity contribution in [1.29, 1.82) is 0 Å².